The van der Waals surface area contributed by atoms with Gasteiger partial charge in [-0.1, -0.05) is 55.5 Å². The Hall–Kier alpha value is -4.05. The molecule has 2 atom stereocenters. The first-order valence-electron chi connectivity index (χ1n) is 16.0. The molecule has 10 heteroatoms. The largest absolute Gasteiger partial charge is 0.545 e. The number of aromatic carboxylic acids is 1. The molecule has 1 aliphatic heterocycles. The summed E-state index contributed by atoms with van der Waals surface area (Å²) in [5, 5.41) is 18.3. The van der Waals surface area contributed by atoms with E-state index in [0.717, 1.165) is 43.5 Å². The number of hydrogen-bond acceptors (Lipinski definition) is 6. The molecule has 256 valence electrons. The van der Waals surface area contributed by atoms with Crippen LogP contribution in [0.3, 0.4) is 0 Å². The minimum absolute atomic E-state index is 0.142. The molecule has 1 N–H and O–H groups in total. The zero-order chi connectivity index (χ0) is 34.9. The van der Waals surface area contributed by atoms with Gasteiger partial charge in [-0.05, 0) is 109 Å². The minimum Gasteiger partial charge on any atom is -0.545 e. The van der Waals surface area contributed by atoms with Crippen LogP contribution in [0.5, 0.6) is 0 Å². The van der Waals surface area contributed by atoms with Crippen molar-refractivity contribution >= 4 is 11.8 Å². The fourth-order valence-corrected chi connectivity index (χ4v) is 5.81. The topological polar surface area (TPSA) is 82.5 Å². The van der Waals surface area contributed by atoms with Crippen LogP contribution in [0.25, 0.3) is 5.82 Å². The van der Waals surface area contributed by atoms with Gasteiger partial charge in [-0.15, -0.1) is 0 Å². The molecule has 47 heavy (non-hydrogen) atoms. The Balaban J connectivity index is 2.00. The van der Waals surface area contributed by atoms with Crippen LogP contribution >= 0.6 is 0 Å². The summed E-state index contributed by atoms with van der Waals surface area (Å²) in [7, 11) is 2.17. The second kappa shape index (κ2) is 16.7. The van der Waals surface area contributed by atoms with Crippen LogP contribution in [0.1, 0.15) is 76.9 Å². The summed E-state index contributed by atoms with van der Waals surface area (Å²) in [6, 6.07) is 0. The Morgan fingerprint density at radius 3 is 2.45 bits per heavy atom. The third-order valence-corrected chi connectivity index (χ3v) is 8.88. The highest BCUT2D eigenvalue weighted by Gasteiger charge is 2.39. The molecule has 0 radical (unpaired) electrons. The highest BCUT2D eigenvalue weighted by molar-refractivity contribution is 5.87. The van der Waals surface area contributed by atoms with E-state index in [1.54, 1.807) is 6.92 Å². The van der Waals surface area contributed by atoms with Crippen LogP contribution in [-0.2, 0) is 10.9 Å². The molecule has 2 aliphatic rings. The smallest absolute Gasteiger partial charge is 0.434 e. The van der Waals surface area contributed by atoms with Crippen molar-refractivity contribution in [3.8, 4) is 0 Å². The average Bonchev–Trinajstić information content (AvgIpc) is 3.39. The van der Waals surface area contributed by atoms with E-state index < -0.39 is 23.4 Å². The quantitative estimate of drug-likeness (QED) is 0.187. The highest BCUT2D eigenvalue weighted by atomic mass is 19.4. The number of likely N-dealkylation sites (tertiary alicyclic amines) is 1. The van der Waals surface area contributed by atoms with Crippen molar-refractivity contribution in [2.24, 2.45) is 17.8 Å². The van der Waals surface area contributed by atoms with Gasteiger partial charge in [0.2, 0.25) is 0 Å². The SMILES string of the molecule is C=C/C=C(\NC(C)=C(C(C)=C(C)C)/C(=C\C=C/C)OCC1C=CC(C2CCN(C)CC2)=CCC1C)n1ncc(C(=O)[O-])c1C(F)(F)F. The minimum atomic E-state index is -5.02. The summed E-state index contributed by atoms with van der Waals surface area (Å²) in [5.74, 6) is -0.524. The number of piperidine rings is 1. The lowest BCUT2D eigenvalue weighted by Gasteiger charge is -2.29. The molecular weight excluding hydrogens is 605 g/mol. The maximum atomic E-state index is 14.1. The molecule has 0 amide bonds. The maximum Gasteiger partial charge on any atom is 0.434 e. The molecule has 1 aromatic rings. The van der Waals surface area contributed by atoms with E-state index in [9.17, 15) is 23.1 Å². The van der Waals surface area contributed by atoms with Crippen LogP contribution in [0.15, 0.2) is 95.1 Å². The number of alkyl halides is 3. The van der Waals surface area contributed by atoms with Crippen molar-refractivity contribution in [2.45, 2.75) is 67.0 Å². The summed E-state index contributed by atoms with van der Waals surface area (Å²) in [6.07, 6.45) is 13.9. The monoisotopic (exact) mass is 653 g/mol. The number of aromatic nitrogens is 2. The lowest BCUT2D eigenvalue weighted by Crippen LogP contribution is -2.30. The summed E-state index contributed by atoms with van der Waals surface area (Å²) in [6.45, 7) is 17.9. The van der Waals surface area contributed by atoms with Gasteiger partial charge in [0, 0.05) is 22.8 Å². The zero-order valence-electron chi connectivity index (χ0n) is 28.6. The first kappa shape index (κ1) is 37.4. The van der Waals surface area contributed by atoms with E-state index >= 15 is 0 Å². The third-order valence-electron chi connectivity index (χ3n) is 8.88. The van der Waals surface area contributed by atoms with Gasteiger partial charge in [0.25, 0.3) is 0 Å². The number of hydrogen-bond donors (Lipinski definition) is 1. The normalized spacial score (nSPS) is 20.9. The fraction of sp³-hybridized carbons (Fsp3) is 0.459. The molecule has 1 fully saturated rings. The zero-order valence-corrected chi connectivity index (χ0v) is 28.6. The summed E-state index contributed by atoms with van der Waals surface area (Å²) < 4.78 is 49.3. The number of carboxylic acid groups (broad SMARTS) is 1. The number of rotatable bonds is 12. The van der Waals surface area contributed by atoms with E-state index in [1.807, 2.05) is 45.9 Å². The second-order valence-electron chi connectivity index (χ2n) is 12.5. The van der Waals surface area contributed by atoms with Crippen molar-refractivity contribution in [1.29, 1.82) is 0 Å². The number of nitrogens with one attached hydrogen (secondary N) is 1. The van der Waals surface area contributed by atoms with E-state index in [-0.39, 0.29) is 11.7 Å². The van der Waals surface area contributed by atoms with E-state index in [4.69, 9.17) is 4.74 Å². The van der Waals surface area contributed by atoms with Crippen LogP contribution in [0, 0.1) is 17.8 Å². The molecule has 0 spiro atoms. The molecule has 1 saturated heterocycles. The van der Waals surface area contributed by atoms with Gasteiger partial charge in [-0.2, -0.15) is 18.3 Å². The Labute approximate surface area is 277 Å². The van der Waals surface area contributed by atoms with Crippen molar-refractivity contribution in [3.05, 3.63) is 106 Å². The average molecular weight is 654 g/mol. The number of nitrogens with zero attached hydrogens (tertiary/aromatic N) is 3. The van der Waals surface area contributed by atoms with Crippen molar-refractivity contribution in [3.63, 3.8) is 0 Å². The predicted octanol–water partition coefficient (Wildman–Crippen LogP) is 7.43. The lowest BCUT2D eigenvalue weighted by molar-refractivity contribution is -0.255. The van der Waals surface area contributed by atoms with Gasteiger partial charge in [0.1, 0.15) is 11.6 Å². The molecule has 7 nitrogen and oxygen atoms in total. The molecule has 3 rings (SSSR count). The van der Waals surface area contributed by atoms with Crippen LogP contribution < -0.4 is 10.4 Å². The van der Waals surface area contributed by atoms with Crippen molar-refractivity contribution in [1.82, 2.24) is 20.0 Å². The summed E-state index contributed by atoms with van der Waals surface area (Å²) >= 11 is 0. The first-order valence-corrected chi connectivity index (χ1v) is 16.0. The van der Waals surface area contributed by atoms with E-state index in [2.05, 4.69) is 54.1 Å². The second-order valence-corrected chi connectivity index (χ2v) is 12.5. The van der Waals surface area contributed by atoms with Gasteiger partial charge < -0.3 is 24.9 Å². The first-order chi connectivity index (χ1) is 22.2. The van der Waals surface area contributed by atoms with E-state index in [1.165, 1.54) is 17.7 Å². The van der Waals surface area contributed by atoms with Crippen LogP contribution in [-0.4, -0.2) is 47.4 Å². The molecule has 1 aromatic heterocycles. The summed E-state index contributed by atoms with van der Waals surface area (Å²) in [4.78, 5) is 13.9. The van der Waals surface area contributed by atoms with Gasteiger partial charge in [0.15, 0.2) is 5.69 Å². The number of carboxylic acids is 1. The number of allylic oxidation sites excluding steroid dienone is 11. The number of halogens is 3. The van der Waals surface area contributed by atoms with Crippen LogP contribution in [0.4, 0.5) is 13.2 Å². The van der Waals surface area contributed by atoms with Crippen molar-refractivity contribution in [2.75, 3.05) is 26.7 Å². The third kappa shape index (κ3) is 9.73. The lowest BCUT2D eigenvalue weighted by atomic mass is 9.88. The predicted molar refractivity (Wildman–Crippen MR) is 179 cm³/mol. The fourth-order valence-electron chi connectivity index (χ4n) is 5.81. The Bertz CT molecular complexity index is 1510. The molecule has 1 aliphatic carbocycles. The molecule has 0 saturated carbocycles. The Kier molecular flexibility index (Phi) is 13.3. The Morgan fingerprint density at radius 1 is 1.19 bits per heavy atom. The maximum absolute atomic E-state index is 14.1. The molecule has 2 unspecified atom stereocenters. The van der Waals surface area contributed by atoms with Gasteiger partial charge in [-0.25, -0.2) is 4.68 Å². The van der Waals surface area contributed by atoms with Gasteiger partial charge in [-0.3, -0.25) is 0 Å². The molecule has 0 aromatic carbocycles. The molecule has 2 heterocycles. The number of ether oxygens (including phenoxy) is 1. The van der Waals surface area contributed by atoms with Gasteiger partial charge in [0.05, 0.1) is 18.8 Å². The van der Waals surface area contributed by atoms with Gasteiger partial charge >= 0.3 is 6.18 Å². The highest BCUT2D eigenvalue weighted by Crippen LogP contribution is 2.35. The molecule has 0 bridgehead atoms. The number of carbonyl (C=O) groups is 1. The van der Waals surface area contributed by atoms with Crippen molar-refractivity contribution < 1.29 is 27.8 Å². The summed E-state index contributed by atoms with van der Waals surface area (Å²) in [5.41, 5.74) is 1.86. The Morgan fingerprint density at radius 2 is 1.87 bits per heavy atom. The standard InChI is InChI=1S/C37H49F3N4O3/c1-9-11-13-32(47-23-30-17-16-28(15-14-25(30)5)29-18-20-43(8)21-19-29)34(26(6)24(3)4)27(7)42-33(12-10-2)44-35(37(38,39)40)31(22-41-44)36(45)46/h9-13,15-17,22,25,29-30,42H,2,14,18-21,23H2,1,3-8H3,(H,45,46)/p-1/b11-9-,32-13+,33-12+,34-27?. The number of carbonyl (C=O) groups excluding carboxylic acids is 1. The molecular formula is C37H48F3N4O3-. The van der Waals surface area contributed by atoms with Crippen LogP contribution in [0.2, 0.25) is 0 Å². The van der Waals surface area contributed by atoms with E-state index in [0.29, 0.717) is 46.4 Å².